The second kappa shape index (κ2) is 7.50. The summed E-state index contributed by atoms with van der Waals surface area (Å²) in [6.45, 7) is 1.82. The first-order valence-corrected chi connectivity index (χ1v) is 9.72. The molecule has 29 heavy (non-hydrogen) atoms. The molecule has 1 aliphatic rings. The van der Waals surface area contributed by atoms with E-state index in [4.69, 9.17) is 16.3 Å². The van der Waals surface area contributed by atoms with Gasteiger partial charge >= 0.3 is 0 Å². The monoisotopic (exact) mass is 409 g/mol. The summed E-state index contributed by atoms with van der Waals surface area (Å²) in [6.07, 6.45) is -0.290. The number of carbonyl (C=O) groups excluding carboxylic acids is 2. The Morgan fingerprint density at radius 3 is 2.62 bits per heavy atom. The highest BCUT2D eigenvalue weighted by Crippen LogP contribution is 2.43. The molecule has 148 valence electrons. The summed E-state index contributed by atoms with van der Waals surface area (Å²) in [7, 11) is 0. The van der Waals surface area contributed by atoms with Gasteiger partial charge in [-0.05, 0) is 48.0 Å². The second-order valence-corrected chi connectivity index (χ2v) is 7.65. The molecule has 0 aromatic heterocycles. The van der Waals surface area contributed by atoms with Gasteiger partial charge in [-0.1, -0.05) is 41.9 Å². The fourth-order valence-corrected chi connectivity index (χ4v) is 3.96. The van der Waals surface area contributed by atoms with Crippen molar-refractivity contribution in [2.75, 3.05) is 18.1 Å². The van der Waals surface area contributed by atoms with Crippen molar-refractivity contribution in [1.82, 2.24) is 0 Å². The minimum Gasteiger partial charge on any atom is -0.492 e. The molecule has 0 fully saturated rings. The number of fused-ring (bicyclic) bond motifs is 2. The Bertz CT molecular complexity index is 1110. The molecule has 1 N–H and O–H groups in total. The lowest BCUT2D eigenvalue weighted by atomic mass is 9.90. The number of aliphatic hydroxyl groups is 1. The lowest BCUT2D eigenvalue weighted by Crippen LogP contribution is -2.43. The van der Waals surface area contributed by atoms with Gasteiger partial charge in [0, 0.05) is 17.0 Å². The van der Waals surface area contributed by atoms with E-state index in [0.29, 0.717) is 22.0 Å². The molecule has 0 spiro atoms. The molecule has 0 bridgehead atoms. The molecule has 4 rings (SSSR count). The number of rotatable bonds is 6. The van der Waals surface area contributed by atoms with Gasteiger partial charge in [-0.25, -0.2) is 0 Å². The fraction of sp³-hybridized carbons (Fsp3) is 0.217. The number of Topliss-reactive ketones (excluding diaryl/α,β-unsaturated/α-hetero) is 1. The van der Waals surface area contributed by atoms with E-state index < -0.39 is 11.5 Å². The lowest BCUT2D eigenvalue weighted by Gasteiger charge is -2.22. The van der Waals surface area contributed by atoms with E-state index in [2.05, 4.69) is 0 Å². The van der Waals surface area contributed by atoms with Gasteiger partial charge in [-0.2, -0.15) is 0 Å². The van der Waals surface area contributed by atoms with Gasteiger partial charge in [-0.3, -0.25) is 9.59 Å². The first-order chi connectivity index (χ1) is 13.9. The molecule has 3 aromatic carbocycles. The SMILES string of the molecule is CC(=O)C[C@]1(O)C(=O)N(CCOc2ccc3ccccc3c2)c2ccc(Cl)cc21. The summed E-state index contributed by atoms with van der Waals surface area (Å²) in [5, 5.41) is 13.6. The van der Waals surface area contributed by atoms with Crippen LogP contribution in [0, 0.1) is 0 Å². The highest BCUT2D eigenvalue weighted by molar-refractivity contribution is 6.31. The van der Waals surface area contributed by atoms with Crippen LogP contribution >= 0.6 is 11.6 Å². The van der Waals surface area contributed by atoms with Crippen LogP contribution in [0.3, 0.4) is 0 Å². The second-order valence-electron chi connectivity index (χ2n) is 7.21. The highest BCUT2D eigenvalue weighted by Gasteiger charge is 2.50. The van der Waals surface area contributed by atoms with E-state index in [1.54, 1.807) is 18.2 Å². The third-order valence-corrected chi connectivity index (χ3v) is 5.34. The summed E-state index contributed by atoms with van der Waals surface area (Å²) >= 11 is 6.06. The van der Waals surface area contributed by atoms with Gasteiger partial charge in [0.15, 0.2) is 5.60 Å². The normalized spacial score (nSPS) is 18.2. The van der Waals surface area contributed by atoms with Gasteiger partial charge in [0.2, 0.25) is 0 Å². The number of nitrogens with zero attached hydrogens (tertiary/aromatic N) is 1. The minimum absolute atomic E-state index is 0.237. The van der Waals surface area contributed by atoms with Crippen LogP contribution in [0.5, 0.6) is 5.75 Å². The maximum atomic E-state index is 13.0. The number of hydrogen-bond donors (Lipinski definition) is 1. The van der Waals surface area contributed by atoms with E-state index in [1.165, 1.54) is 11.8 Å². The molecular weight excluding hydrogens is 390 g/mol. The number of hydrogen-bond acceptors (Lipinski definition) is 4. The topological polar surface area (TPSA) is 66.8 Å². The molecule has 0 saturated carbocycles. The quantitative estimate of drug-likeness (QED) is 0.666. The Kier molecular flexibility index (Phi) is 5.03. The fourth-order valence-electron chi connectivity index (χ4n) is 3.79. The van der Waals surface area contributed by atoms with Gasteiger partial charge < -0.3 is 14.7 Å². The Morgan fingerprint density at radius 2 is 1.86 bits per heavy atom. The first kappa shape index (κ1) is 19.4. The molecule has 5 nitrogen and oxygen atoms in total. The van der Waals surface area contributed by atoms with Crippen molar-refractivity contribution >= 4 is 39.8 Å². The minimum atomic E-state index is -1.89. The summed E-state index contributed by atoms with van der Waals surface area (Å²) < 4.78 is 5.84. The van der Waals surface area contributed by atoms with Crippen molar-refractivity contribution in [3.05, 3.63) is 71.2 Å². The van der Waals surface area contributed by atoms with Crippen molar-refractivity contribution in [2.24, 2.45) is 0 Å². The summed E-state index contributed by atoms with van der Waals surface area (Å²) in [5.41, 5.74) is -0.990. The van der Waals surface area contributed by atoms with Gasteiger partial charge in [0.25, 0.3) is 5.91 Å². The van der Waals surface area contributed by atoms with E-state index >= 15 is 0 Å². The van der Waals surface area contributed by atoms with Crippen LogP contribution in [-0.4, -0.2) is 29.9 Å². The van der Waals surface area contributed by atoms with Crippen LogP contribution < -0.4 is 9.64 Å². The zero-order valence-electron chi connectivity index (χ0n) is 15.9. The maximum Gasteiger partial charge on any atom is 0.264 e. The Hall–Kier alpha value is -2.89. The van der Waals surface area contributed by atoms with Crippen molar-refractivity contribution < 1.29 is 19.4 Å². The summed E-state index contributed by atoms with van der Waals surface area (Å²) in [4.78, 5) is 26.1. The van der Waals surface area contributed by atoms with E-state index in [0.717, 1.165) is 10.8 Å². The van der Waals surface area contributed by atoms with Crippen molar-refractivity contribution in [3.8, 4) is 5.75 Å². The number of amides is 1. The zero-order valence-corrected chi connectivity index (χ0v) is 16.6. The van der Waals surface area contributed by atoms with Crippen LogP contribution in [0.2, 0.25) is 5.02 Å². The first-order valence-electron chi connectivity index (χ1n) is 9.34. The van der Waals surface area contributed by atoms with Gasteiger partial charge in [0.1, 0.15) is 18.1 Å². The molecular formula is C23H20ClNO4. The molecule has 1 aliphatic heterocycles. The van der Waals surface area contributed by atoms with E-state index in [1.807, 2.05) is 42.5 Å². The number of ketones is 1. The van der Waals surface area contributed by atoms with Crippen molar-refractivity contribution in [1.29, 1.82) is 0 Å². The number of anilines is 1. The highest BCUT2D eigenvalue weighted by atomic mass is 35.5. The smallest absolute Gasteiger partial charge is 0.264 e. The lowest BCUT2D eigenvalue weighted by molar-refractivity contribution is -0.141. The Morgan fingerprint density at radius 1 is 1.10 bits per heavy atom. The van der Waals surface area contributed by atoms with Crippen LogP contribution in [0.4, 0.5) is 5.69 Å². The summed E-state index contributed by atoms with van der Waals surface area (Å²) in [5.74, 6) is -0.112. The van der Waals surface area contributed by atoms with Crippen LogP contribution in [0.15, 0.2) is 60.7 Å². The van der Waals surface area contributed by atoms with E-state index in [9.17, 15) is 14.7 Å². The van der Waals surface area contributed by atoms with Crippen LogP contribution in [-0.2, 0) is 15.2 Å². The molecule has 6 heteroatoms. The number of halogens is 1. The van der Waals surface area contributed by atoms with E-state index in [-0.39, 0.29) is 25.4 Å². The Labute approximate surface area is 173 Å². The molecule has 0 aliphatic carbocycles. The third kappa shape index (κ3) is 3.59. The Balaban J connectivity index is 1.53. The predicted molar refractivity (Wildman–Crippen MR) is 112 cm³/mol. The molecule has 1 atom stereocenters. The molecule has 3 aromatic rings. The maximum absolute atomic E-state index is 13.0. The predicted octanol–water partition coefficient (Wildman–Crippen LogP) is 4.09. The van der Waals surface area contributed by atoms with Crippen LogP contribution in [0.25, 0.3) is 10.8 Å². The molecule has 0 saturated heterocycles. The zero-order chi connectivity index (χ0) is 20.6. The van der Waals surface area contributed by atoms with Gasteiger partial charge in [-0.15, -0.1) is 0 Å². The third-order valence-electron chi connectivity index (χ3n) is 5.10. The van der Waals surface area contributed by atoms with Gasteiger partial charge in [0.05, 0.1) is 12.2 Å². The summed E-state index contributed by atoms with van der Waals surface area (Å²) in [6, 6.07) is 18.7. The molecule has 0 radical (unpaired) electrons. The van der Waals surface area contributed by atoms with Crippen molar-refractivity contribution in [2.45, 2.75) is 18.9 Å². The van der Waals surface area contributed by atoms with Crippen LogP contribution in [0.1, 0.15) is 18.9 Å². The molecule has 1 amide bonds. The number of carbonyl (C=O) groups is 2. The number of benzene rings is 3. The number of ether oxygens (including phenoxy) is 1. The standard InChI is InChI=1S/C23H20ClNO4/c1-15(26)14-23(28)20-13-18(24)7-9-21(20)25(22(23)27)10-11-29-19-8-6-16-4-2-3-5-17(16)12-19/h2-9,12-13,28H,10-11,14H2,1H3/t23-/m1/s1. The average Bonchev–Trinajstić information content (AvgIpc) is 2.89. The molecule has 1 heterocycles. The van der Waals surface area contributed by atoms with Crippen molar-refractivity contribution in [3.63, 3.8) is 0 Å². The largest absolute Gasteiger partial charge is 0.492 e. The average molecular weight is 410 g/mol. The molecule has 0 unspecified atom stereocenters.